The number of alkyl halides is 2. The van der Waals surface area contributed by atoms with E-state index in [0.29, 0.717) is 0 Å². The van der Waals surface area contributed by atoms with Crippen LogP contribution in [-0.4, -0.2) is 11.8 Å². The summed E-state index contributed by atoms with van der Waals surface area (Å²) < 4.78 is 25.5. The number of azide groups is 1. The van der Waals surface area contributed by atoms with E-state index >= 15 is 0 Å². The molecule has 0 atom stereocenters. The molecule has 1 aromatic carbocycles. The summed E-state index contributed by atoms with van der Waals surface area (Å²) in [6.45, 7) is 0. The van der Waals surface area contributed by atoms with Gasteiger partial charge in [-0.15, -0.1) is 0 Å². The van der Waals surface area contributed by atoms with Gasteiger partial charge in [0.2, 0.25) is 5.78 Å². The normalized spacial score (nSPS) is 10.4. The Bertz CT molecular complexity index is 385. The first-order valence-electron chi connectivity index (χ1n) is 3.62. The molecule has 0 radical (unpaired) electrons. The maximum atomic E-state index is 12.7. The minimum Gasteiger partial charge on any atom is -0.287 e. The summed E-state index contributed by atoms with van der Waals surface area (Å²) >= 11 is 0. The van der Waals surface area contributed by atoms with Crippen LogP contribution < -0.4 is 0 Å². The predicted octanol–water partition coefficient (Wildman–Crippen LogP) is 2.77. The summed E-state index contributed by atoms with van der Waals surface area (Å²) in [7, 11) is 0. The number of carbonyl (C=O) groups excluding carboxylic acids is 1. The van der Waals surface area contributed by atoms with Crippen LogP contribution in [0.1, 0.15) is 10.4 Å². The molecule has 0 aliphatic carbocycles. The molecule has 1 rings (SSSR count). The summed E-state index contributed by atoms with van der Waals surface area (Å²) in [6, 6.07) is 2.91. The fourth-order valence-electron chi connectivity index (χ4n) is 0.865. The molecule has 6 heteroatoms. The first kappa shape index (κ1) is 10.1. The number of rotatable bonds is 3. The van der Waals surface area contributed by atoms with Crippen LogP contribution in [0.2, 0.25) is 0 Å². The Labute approximate surface area is 77.8 Å². The number of benzene rings is 1. The highest BCUT2D eigenvalue weighted by atomic mass is 19.3. The molecule has 0 fully saturated rings. The summed E-state index contributed by atoms with van der Waals surface area (Å²) in [5, 5.41) is 2.13. The zero-order valence-corrected chi connectivity index (χ0v) is 6.89. The Balaban J connectivity index is 3.02. The summed E-state index contributed by atoms with van der Waals surface area (Å²) in [4.78, 5) is 12.9. The number of carbonyl (C=O) groups is 1. The average Bonchev–Trinajstić information content (AvgIpc) is 2.18. The van der Waals surface area contributed by atoms with Crippen molar-refractivity contribution in [3.63, 3.8) is 0 Å². The van der Waals surface area contributed by atoms with E-state index in [0.717, 1.165) is 0 Å². The van der Waals surface area contributed by atoms with Crippen molar-refractivity contribution in [3.8, 4) is 0 Å². The van der Waals surface area contributed by atoms with Crippen molar-refractivity contribution in [1.29, 1.82) is 0 Å². The van der Waals surface area contributed by atoms with E-state index in [1.54, 1.807) is 6.07 Å². The number of ketones is 1. The average molecular weight is 197 g/mol. The van der Waals surface area contributed by atoms with Gasteiger partial charge in [-0.05, 0) is 10.6 Å². The second-order valence-corrected chi connectivity index (χ2v) is 2.43. The highest BCUT2D eigenvalue weighted by Gasteiger charge is 2.38. The van der Waals surface area contributed by atoms with E-state index in [4.69, 9.17) is 5.53 Å². The lowest BCUT2D eigenvalue weighted by molar-refractivity contribution is 0.0148. The molecule has 0 aliphatic heterocycles. The molecular weight excluding hydrogens is 192 g/mol. The van der Waals surface area contributed by atoms with E-state index in [9.17, 15) is 13.6 Å². The van der Waals surface area contributed by atoms with Crippen molar-refractivity contribution >= 4 is 5.78 Å². The van der Waals surface area contributed by atoms with Gasteiger partial charge in [-0.3, -0.25) is 4.79 Å². The van der Waals surface area contributed by atoms with Crippen molar-refractivity contribution in [3.05, 3.63) is 46.3 Å². The van der Waals surface area contributed by atoms with Gasteiger partial charge in [0.05, 0.1) is 0 Å². The number of halogens is 2. The summed E-state index contributed by atoms with van der Waals surface area (Å²) in [6.07, 6.45) is 0. The van der Waals surface area contributed by atoms with Crippen LogP contribution in [0, 0.1) is 0 Å². The Morgan fingerprint density at radius 1 is 1.36 bits per heavy atom. The molecule has 72 valence electrons. The van der Waals surface area contributed by atoms with E-state index in [2.05, 4.69) is 5.11 Å². The zero-order valence-electron chi connectivity index (χ0n) is 6.89. The Morgan fingerprint density at radius 2 is 1.93 bits per heavy atom. The standard InChI is InChI=1S/C8H5F2N3O/c9-8(10,12-13-11)7(14)6-4-2-1-3-5-6/h1-5H. The van der Waals surface area contributed by atoms with Crippen LogP contribution >= 0.6 is 0 Å². The van der Waals surface area contributed by atoms with Crippen LogP contribution in [0.3, 0.4) is 0 Å². The topological polar surface area (TPSA) is 65.8 Å². The van der Waals surface area contributed by atoms with E-state index in [1.807, 2.05) is 4.91 Å². The van der Waals surface area contributed by atoms with Gasteiger partial charge in [0, 0.05) is 10.5 Å². The van der Waals surface area contributed by atoms with E-state index in [1.165, 1.54) is 24.3 Å². The minimum atomic E-state index is -4.02. The number of hydrogen-bond donors (Lipinski definition) is 0. The van der Waals surface area contributed by atoms with Gasteiger partial charge in [0.25, 0.3) is 0 Å². The van der Waals surface area contributed by atoms with Gasteiger partial charge < -0.3 is 0 Å². The van der Waals surface area contributed by atoms with Crippen LogP contribution in [0.4, 0.5) is 8.78 Å². The third-order valence-corrected chi connectivity index (χ3v) is 1.48. The first-order valence-corrected chi connectivity index (χ1v) is 3.62. The second-order valence-electron chi connectivity index (χ2n) is 2.43. The molecule has 4 nitrogen and oxygen atoms in total. The lowest BCUT2D eigenvalue weighted by Gasteiger charge is -2.07. The molecule has 0 N–H and O–H groups in total. The molecule has 0 spiro atoms. The Hall–Kier alpha value is -1.94. The maximum absolute atomic E-state index is 12.7. The molecule has 0 saturated heterocycles. The van der Waals surface area contributed by atoms with Crippen molar-refractivity contribution in [2.45, 2.75) is 6.05 Å². The van der Waals surface area contributed by atoms with Crippen molar-refractivity contribution in [1.82, 2.24) is 0 Å². The summed E-state index contributed by atoms with van der Waals surface area (Å²) in [5.41, 5.74) is 7.63. The van der Waals surface area contributed by atoms with E-state index < -0.39 is 11.8 Å². The smallest absolute Gasteiger partial charge is 0.287 e. The van der Waals surface area contributed by atoms with Crippen LogP contribution in [-0.2, 0) is 0 Å². The fraction of sp³-hybridized carbons (Fsp3) is 0.125. The maximum Gasteiger partial charge on any atom is 0.387 e. The number of Topliss-reactive ketones (excluding diaryl/α,β-unsaturated/α-hetero) is 1. The molecule has 0 amide bonds. The van der Waals surface area contributed by atoms with Gasteiger partial charge in [0.15, 0.2) is 0 Å². The SMILES string of the molecule is [N-]=[N+]=NC(F)(F)C(=O)c1ccccc1. The molecule has 0 unspecified atom stereocenters. The predicted molar refractivity (Wildman–Crippen MR) is 44.9 cm³/mol. The fourth-order valence-corrected chi connectivity index (χ4v) is 0.865. The molecule has 14 heavy (non-hydrogen) atoms. The Morgan fingerprint density at radius 3 is 2.43 bits per heavy atom. The van der Waals surface area contributed by atoms with Gasteiger partial charge in [-0.1, -0.05) is 30.3 Å². The molecule has 1 aromatic rings. The largest absolute Gasteiger partial charge is 0.387 e. The quantitative estimate of drug-likeness (QED) is 0.241. The molecule has 0 aromatic heterocycles. The Kier molecular flexibility index (Phi) is 2.79. The molecular formula is C8H5F2N3O. The molecule has 0 bridgehead atoms. The number of nitrogens with zero attached hydrogens (tertiary/aromatic N) is 3. The van der Waals surface area contributed by atoms with Crippen molar-refractivity contribution in [2.75, 3.05) is 0 Å². The molecule has 0 heterocycles. The minimum absolute atomic E-state index is 0.190. The summed E-state index contributed by atoms with van der Waals surface area (Å²) in [5.74, 6) is -1.50. The van der Waals surface area contributed by atoms with Gasteiger partial charge in [0.1, 0.15) is 0 Å². The van der Waals surface area contributed by atoms with E-state index in [-0.39, 0.29) is 5.56 Å². The lowest BCUT2D eigenvalue weighted by atomic mass is 10.1. The van der Waals surface area contributed by atoms with Gasteiger partial charge >= 0.3 is 6.05 Å². The molecule has 0 aliphatic rings. The highest BCUT2D eigenvalue weighted by Crippen LogP contribution is 2.21. The third kappa shape index (κ3) is 2.05. The third-order valence-electron chi connectivity index (χ3n) is 1.48. The van der Waals surface area contributed by atoms with Crippen molar-refractivity contribution < 1.29 is 13.6 Å². The second kappa shape index (κ2) is 3.85. The van der Waals surface area contributed by atoms with Gasteiger partial charge in [-0.25, -0.2) is 0 Å². The lowest BCUT2D eigenvalue weighted by Crippen LogP contribution is -2.25. The van der Waals surface area contributed by atoms with Crippen molar-refractivity contribution in [2.24, 2.45) is 5.11 Å². The first-order chi connectivity index (χ1) is 6.58. The van der Waals surface area contributed by atoms with Crippen LogP contribution in [0.5, 0.6) is 0 Å². The zero-order chi connectivity index (χ0) is 10.6. The molecule has 0 saturated carbocycles. The van der Waals surface area contributed by atoms with Crippen LogP contribution in [0.15, 0.2) is 35.4 Å². The van der Waals surface area contributed by atoms with Gasteiger partial charge in [-0.2, -0.15) is 8.78 Å². The number of hydrogen-bond acceptors (Lipinski definition) is 2. The van der Waals surface area contributed by atoms with Crippen LogP contribution in [0.25, 0.3) is 10.4 Å². The monoisotopic (exact) mass is 197 g/mol. The highest BCUT2D eigenvalue weighted by molar-refractivity contribution is 6.01.